The van der Waals surface area contributed by atoms with Crippen LogP contribution < -0.4 is 10.6 Å². The fraction of sp³-hybridized carbons (Fsp3) is 0.588. The minimum Gasteiger partial charge on any atom is -0.324 e. The first-order chi connectivity index (χ1) is 19.1. The normalized spacial score (nSPS) is 11.6. The van der Waals surface area contributed by atoms with Gasteiger partial charge in [0.1, 0.15) is 0 Å². The van der Waals surface area contributed by atoms with Crippen molar-refractivity contribution in [2.24, 2.45) is 0 Å². The fourth-order valence-corrected chi connectivity index (χ4v) is 5.89. The molecule has 2 aromatic carbocycles. The molecule has 0 aliphatic carbocycles. The Balaban J connectivity index is 1.75. The average molecular weight is 552 g/mol. The first-order valence-electron chi connectivity index (χ1n) is 15.4. The van der Waals surface area contributed by atoms with E-state index >= 15 is 0 Å². The molecule has 0 spiro atoms. The van der Waals surface area contributed by atoms with Gasteiger partial charge in [-0.05, 0) is 95.6 Å². The zero-order valence-corrected chi connectivity index (χ0v) is 26.4. The van der Waals surface area contributed by atoms with Crippen LogP contribution in [0.25, 0.3) is 0 Å². The van der Waals surface area contributed by atoms with Gasteiger partial charge in [0.05, 0.1) is 26.2 Å². The van der Waals surface area contributed by atoms with Crippen LogP contribution in [-0.4, -0.2) is 67.5 Å². The molecule has 40 heavy (non-hydrogen) atoms. The quantitative estimate of drug-likeness (QED) is 0.155. The molecular formula is C34H55N4O2+. The van der Waals surface area contributed by atoms with E-state index in [0.29, 0.717) is 13.1 Å². The molecule has 0 saturated carbocycles. The number of hydrogen-bond donors (Lipinski definition) is 2. The third-order valence-corrected chi connectivity index (χ3v) is 7.95. The number of likely N-dealkylation sites (N-methyl/N-ethyl adjacent to an activating group) is 1. The number of rotatable bonds is 18. The van der Waals surface area contributed by atoms with Gasteiger partial charge in [0.2, 0.25) is 5.91 Å². The lowest BCUT2D eigenvalue weighted by Crippen LogP contribution is -2.54. The van der Waals surface area contributed by atoms with E-state index in [1.165, 1.54) is 12.8 Å². The van der Waals surface area contributed by atoms with E-state index in [2.05, 4.69) is 55.4 Å². The molecule has 6 heteroatoms. The first kappa shape index (κ1) is 33.5. The van der Waals surface area contributed by atoms with Gasteiger partial charge >= 0.3 is 0 Å². The van der Waals surface area contributed by atoms with Gasteiger partial charge in [-0.25, -0.2) is 0 Å². The third kappa shape index (κ3) is 11.1. The van der Waals surface area contributed by atoms with E-state index in [0.717, 1.165) is 96.4 Å². The van der Waals surface area contributed by atoms with Crippen LogP contribution in [0.3, 0.4) is 0 Å². The number of carbonyl (C=O) groups is 2. The van der Waals surface area contributed by atoms with E-state index < -0.39 is 0 Å². The molecule has 0 radical (unpaired) electrons. The van der Waals surface area contributed by atoms with Crippen molar-refractivity contribution in [3.8, 4) is 0 Å². The van der Waals surface area contributed by atoms with Crippen LogP contribution in [0.1, 0.15) is 81.0 Å². The highest BCUT2D eigenvalue weighted by Gasteiger charge is 2.29. The maximum atomic E-state index is 13.2. The molecule has 0 unspecified atom stereocenters. The molecule has 6 nitrogen and oxygen atoms in total. The Morgan fingerprint density at radius 1 is 0.675 bits per heavy atom. The van der Waals surface area contributed by atoms with Crippen LogP contribution in [0, 0.1) is 27.7 Å². The number of quaternary nitrogens is 1. The molecule has 0 atom stereocenters. The Kier molecular flexibility index (Phi) is 14.4. The van der Waals surface area contributed by atoms with Crippen LogP contribution in [-0.2, 0) is 9.59 Å². The Morgan fingerprint density at radius 3 is 1.62 bits per heavy atom. The van der Waals surface area contributed by atoms with Crippen molar-refractivity contribution in [3.63, 3.8) is 0 Å². The molecule has 2 N–H and O–H groups in total. The number of hydrogen-bond acceptors (Lipinski definition) is 3. The number of anilines is 2. The van der Waals surface area contributed by atoms with Crippen molar-refractivity contribution in [2.75, 3.05) is 56.9 Å². The summed E-state index contributed by atoms with van der Waals surface area (Å²) in [4.78, 5) is 27.8. The van der Waals surface area contributed by atoms with Gasteiger partial charge in [0, 0.05) is 11.4 Å². The number of para-hydroxylation sites is 2. The van der Waals surface area contributed by atoms with Gasteiger partial charge in [0.25, 0.3) is 5.91 Å². The summed E-state index contributed by atoms with van der Waals surface area (Å²) < 4.78 is 0.877. The number of amides is 2. The monoisotopic (exact) mass is 551 g/mol. The number of aryl methyl sites for hydroxylation is 4. The Hall–Kier alpha value is -2.70. The third-order valence-electron chi connectivity index (χ3n) is 7.95. The molecule has 0 heterocycles. The Morgan fingerprint density at radius 2 is 1.12 bits per heavy atom. The first-order valence-corrected chi connectivity index (χ1v) is 15.4. The van der Waals surface area contributed by atoms with Crippen molar-refractivity contribution in [1.82, 2.24) is 4.90 Å². The lowest BCUT2D eigenvalue weighted by molar-refractivity contribution is -0.921. The summed E-state index contributed by atoms with van der Waals surface area (Å²) in [6, 6.07) is 12.2. The van der Waals surface area contributed by atoms with E-state index in [1.807, 2.05) is 45.2 Å². The molecule has 2 rings (SSSR count). The summed E-state index contributed by atoms with van der Waals surface area (Å²) in [7, 11) is 2.02. The second-order valence-electron chi connectivity index (χ2n) is 11.8. The highest BCUT2D eigenvalue weighted by molar-refractivity contribution is 5.94. The van der Waals surface area contributed by atoms with E-state index in [4.69, 9.17) is 0 Å². The molecule has 222 valence electrons. The standard InChI is InChI=1S/C34H54N4O2/c1-8-22-38(23-9-2,26-32(40)36-34-29(5)19-16-20-30(34)6)24-14-12-10-11-13-21-37(7)25-31(39)35-33-27(3)17-15-18-28(33)4/h15-20H,8-14,21-26H2,1-7H3,(H-,35,36,39,40)/p+1. The Bertz CT molecular complexity index is 1040. The summed E-state index contributed by atoms with van der Waals surface area (Å²) in [6.07, 6.45) is 7.94. The van der Waals surface area contributed by atoms with Crippen molar-refractivity contribution >= 4 is 23.2 Å². The topological polar surface area (TPSA) is 61.4 Å². The number of benzene rings is 2. The minimum absolute atomic E-state index is 0.0440. The molecule has 0 aliphatic rings. The van der Waals surface area contributed by atoms with E-state index in [9.17, 15) is 9.59 Å². The van der Waals surface area contributed by atoms with E-state index in [1.54, 1.807) is 0 Å². The number of unbranched alkanes of at least 4 members (excludes halogenated alkanes) is 4. The molecule has 0 aromatic heterocycles. The van der Waals surface area contributed by atoms with Gasteiger partial charge in [0.15, 0.2) is 6.54 Å². The highest BCUT2D eigenvalue weighted by atomic mass is 16.2. The zero-order chi connectivity index (χ0) is 29.5. The van der Waals surface area contributed by atoms with Crippen LogP contribution in [0.15, 0.2) is 36.4 Å². The molecule has 2 amide bonds. The number of carbonyl (C=O) groups excluding carboxylic acids is 2. The van der Waals surface area contributed by atoms with Gasteiger partial charge in [-0.15, -0.1) is 0 Å². The molecule has 2 aromatic rings. The Labute approximate surface area is 244 Å². The smallest absolute Gasteiger partial charge is 0.279 e. The molecule has 0 fully saturated rings. The zero-order valence-electron chi connectivity index (χ0n) is 26.4. The molecular weight excluding hydrogens is 496 g/mol. The van der Waals surface area contributed by atoms with Gasteiger partial charge in [-0.2, -0.15) is 0 Å². The van der Waals surface area contributed by atoms with Gasteiger partial charge in [-0.1, -0.05) is 63.1 Å². The van der Waals surface area contributed by atoms with Gasteiger partial charge < -0.3 is 15.1 Å². The molecule has 0 saturated heterocycles. The lowest BCUT2D eigenvalue weighted by Gasteiger charge is -2.38. The largest absolute Gasteiger partial charge is 0.324 e. The minimum atomic E-state index is 0.0440. The summed E-state index contributed by atoms with van der Waals surface area (Å²) in [5.74, 6) is 0.173. The highest BCUT2D eigenvalue weighted by Crippen LogP contribution is 2.21. The SMILES string of the molecule is CCC[N+](CCC)(CCCCCCCN(C)CC(=O)Nc1c(C)cccc1C)CC(=O)Nc1c(C)cccc1C. The summed E-state index contributed by atoms with van der Waals surface area (Å²) >= 11 is 0. The fourth-order valence-electron chi connectivity index (χ4n) is 5.89. The second kappa shape index (κ2) is 17.2. The van der Waals surface area contributed by atoms with Crippen LogP contribution in [0.4, 0.5) is 11.4 Å². The van der Waals surface area contributed by atoms with Crippen molar-refractivity contribution in [1.29, 1.82) is 0 Å². The van der Waals surface area contributed by atoms with Crippen molar-refractivity contribution < 1.29 is 14.1 Å². The second-order valence-corrected chi connectivity index (χ2v) is 11.8. The van der Waals surface area contributed by atoms with Crippen LogP contribution >= 0.6 is 0 Å². The van der Waals surface area contributed by atoms with E-state index in [-0.39, 0.29) is 11.8 Å². The molecule has 0 bridgehead atoms. The summed E-state index contributed by atoms with van der Waals surface area (Å²) in [6.45, 7) is 17.6. The van der Waals surface area contributed by atoms with Crippen LogP contribution in [0.5, 0.6) is 0 Å². The summed E-state index contributed by atoms with van der Waals surface area (Å²) in [5.41, 5.74) is 6.32. The van der Waals surface area contributed by atoms with Gasteiger partial charge in [-0.3, -0.25) is 14.5 Å². The molecule has 0 aliphatic heterocycles. The maximum Gasteiger partial charge on any atom is 0.279 e. The van der Waals surface area contributed by atoms with Crippen molar-refractivity contribution in [2.45, 2.75) is 86.5 Å². The number of nitrogens with one attached hydrogen (secondary N) is 2. The maximum absolute atomic E-state index is 13.2. The van der Waals surface area contributed by atoms with Crippen molar-refractivity contribution in [3.05, 3.63) is 58.7 Å². The predicted molar refractivity (Wildman–Crippen MR) is 170 cm³/mol. The average Bonchev–Trinajstić information content (AvgIpc) is 2.88. The number of nitrogens with zero attached hydrogens (tertiary/aromatic N) is 2. The van der Waals surface area contributed by atoms with Crippen LogP contribution in [0.2, 0.25) is 0 Å². The predicted octanol–water partition coefficient (Wildman–Crippen LogP) is 7.02. The lowest BCUT2D eigenvalue weighted by atomic mass is 10.1. The summed E-state index contributed by atoms with van der Waals surface area (Å²) in [5, 5.41) is 6.31.